The highest BCUT2D eigenvalue weighted by atomic mass is 32.1. The number of hydrogen-bond acceptors (Lipinski definition) is 4. The molecule has 3 nitrogen and oxygen atoms in total. The fourth-order valence-corrected chi connectivity index (χ4v) is 2.03. The summed E-state index contributed by atoms with van der Waals surface area (Å²) in [5, 5.41) is 8.60. The lowest BCUT2D eigenvalue weighted by Crippen LogP contribution is -2.16. The average Bonchev–Trinajstić information content (AvgIpc) is 2.54. The molecular formula is C9H15NO2S. The van der Waals surface area contributed by atoms with Crippen LogP contribution >= 0.6 is 11.3 Å². The van der Waals surface area contributed by atoms with E-state index in [0.717, 1.165) is 4.88 Å². The summed E-state index contributed by atoms with van der Waals surface area (Å²) >= 11 is 1.68. The zero-order valence-corrected chi connectivity index (χ0v) is 8.51. The summed E-state index contributed by atoms with van der Waals surface area (Å²) in [6.45, 7) is 2.90. The van der Waals surface area contributed by atoms with E-state index in [0.29, 0.717) is 13.2 Å². The van der Waals surface area contributed by atoms with E-state index in [9.17, 15) is 0 Å². The Morgan fingerprint density at radius 1 is 1.62 bits per heavy atom. The maximum Gasteiger partial charge on any atom is 0.104 e. The minimum atomic E-state index is -0.0640. The van der Waals surface area contributed by atoms with Crippen LogP contribution in [0.5, 0.6) is 0 Å². The van der Waals surface area contributed by atoms with Gasteiger partial charge >= 0.3 is 0 Å². The van der Waals surface area contributed by atoms with E-state index in [-0.39, 0.29) is 12.7 Å². The van der Waals surface area contributed by atoms with Gasteiger partial charge in [-0.15, -0.1) is 11.3 Å². The van der Waals surface area contributed by atoms with E-state index in [2.05, 4.69) is 0 Å². The molecule has 1 unspecified atom stereocenters. The number of ether oxygens (including phenoxy) is 1. The Balaban J connectivity index is 2.56. The van der Waals surface area contributed by atoms with Crippen LogP contribution in [0, 0.1) is 6.92 Å². The Morgan fingerprint density at radius 3 is 2.85 bits per heavy atom. The van der Waals surface area contributed by atoms with E-state index in [1.807, 2.05) is 19.1 Å². The van der Waals surface area contributed by atoms with Gasteiger partial charge in [0, 0.05) is 16.3 Å². The molecule has 1 atom stereocenters. The fourth-order valence-electron chi connectivity index (χ4n) is 1.09. The van der Waals surface area contributed by atoms with Crippen molar-refractivity contribution in [2.24, 2.45) is 5.73 Å². The molecule has 4 heteroatoms. The van der Waals surface area contributed by atoms with Crippen molar-refractivity contribution < 1.29 is 9.84 Å². The Bertz CT molecular complexity index is 250. The molecule has 0 aromatic carbocycles. The summed E-state index contributed by atoms with van der Waals surface area (Å²) in [5.74, 6) is 0. The number of thiophene rings is 1. The van der Waals surface area contributed by atoms with Gasteiger partial charge in [0.1, 0.15) is 6.10 Å². The predicted octanol–water partition coefficient (Wildman–Crippen LogP) is 1.07. The monoisotopic (exact) mass is 201 g/mol. The van der Waals surface area contributed by atoms with Crippen LogP contribution in [0.25, 0.3) is 0 Å². The maximum absolute atomic E-state index is 8.60. The summed E-state index contributed by atoms with van der Waals surface area (Å²) in [6.07, 6.45) is -0.0640. The second-order valence-electron chi connectivity index (χ2n) is 2.77. The smallest absolute Gasteiger partial charge is 0.104 e. The van der Waals surface area contributed by atoms with Crippen molar-refractivity contribution in [3.05, 3.63) is 21.9 Å². The van der Waals surface area contributed by atoms with Crippen LogP contribution in [0.3, 0.4) is 0 Å². The summed E-state index contributed by atoms with van der Waals surface area (Å²) in [7, 11) is 0. The standard InChI is InChI=1S/C9H15NO2S/c1-7-2-3-9(13-7)8(6-10)12-5-4-11/h2-3,8,11H,4-6,10H2,1H3. The van der Waals surface area contributed by atoms with Crippen molar-refractivity contribution in [3.8, 4) is 0 Å². The van der Waals surface area contributed by atoms with Gasteiger partial charge in [0.05, 0.1) is 13.2 Å². The number of rotatable bonds is 5. The fraction of sp³-hybridized carbons (Fsp3) is 0.556. The van der Waals surface area contributed by atoms with Crippen molar-refractivity contribution >= 4 is 11.3 Å². The molecule has 0 radical (unpaired) electrons. The lowest BCUT2D eigenvalue weighted by Gasteiger charge is -2.12. The van der Waals surface area contributed by atoms with E-state index in [1.165, 1.54) is 4.88 Å². The van der Waals surface area contributed by atoms with E-state index < -0.39 is 0 Å². The normalized spacial score (nSPS) is 13.2. The first-order valence-corrected chi connectivity index (χ1v) is 5.08. The first-order valence-electron chi connectivity index (χ1n) is 4.26. The highest BCUT2D eigenvalue weighted by molar-refractivity contribution is 7.12. The molecule has 0 bridgehead atoms. The summed E-state index contributed by atoms with van der Waals surface area (Å²) < 4.78 is 5.38. The molecule has 1 aromatic heterocycles. The molecule has 1 aromatic rings. The Morgan fingerprint density at radius 2 is 2.38 bits per heavy atom. The third-order valence-electron chi connectivity index (χ3n) is 1.70. The van der Waals surface area contributed by atoms with Crippen LogP contribution in [0.15, 0.2) is 12.1 Å². The molecule has 0 spiro atoms. The second kappa shape index (κ2) is 5.34. The van der Waals surface area contributed by atoms with Gasteiger partial charge in [0.25, 0.3) is 0 Å². The van der Waals surface area contributed by atoms with Gasteiger partial charge in [-0.05, 0) is 19.1 Å². The topological polar surface area (TPSA) is 55.5 Å². The van der Waals surface area contributed by atoms with Gasteiger partial charge in [-0.1, -0.05) is 0 Å². The molecule has 0 saturated heterocycles. The number of hydrogen-bond donors (Lipinski definition) is 2. The van der Waals surface area contributed by atoms with Gasteiger partial charge in [0.15, 0.2) is 0 Å². The van der Waals surface area contributed by atoms with Crippen molar-refractivity contribution in [1.29, 1.82) is 0 Å². The quantitative estimate of drug-likeness (QED) is 0.749. The van der Waals surface area contributed by atoms with Crippen LogP contribution in [0.4, 0.5) is 0 Å². The van der Waals surface area contributed by atoms with Gasteiger partial charge in [-0.3, -0.25) is 0 Å². The third-order valence-corrected chi connectivity index (χ3v) is 2.80. The van der Waals surface area contributed by atoms with Gasteiger partial charge in [-0.2, -0.15) is 0 Å². The molecule has 74 valence electrons. The Labute approximate surface area is 82.1 Å². The summed E-state index contributed by atoms with van der Waals surface area (Å²) in [5.41, 5.74) is 5.55. The summed E-state index contributed by atoms with van der Waals surface area (Å²) in [6, 6.07) is 4.07. The van der Waals surface area contributed by atoms with Gasteiger partial charge < -0.3 is 15.6 Å². The van der Waals surface area contributed by atoms with E-state index >= 15 is 0 Å². The molecular weight excluding hydrogens is 186 g/mol. The van der Waals surface area contributed by atoms with Crippen LogP contribution in [0.1, 0.15) is 15.9 Å². The lowest BCUT2D eigenvalue weighted by molar-refractivity contribution is 0.0348. The largest absolute Gasteiger partial charge is 0.394 e. The van der Waals surface area contributed by atoms with Crippen LogP contribution in [0.2, 0.25) is 0 Å². The number of aryl methyl sites for hydroxylation is 1. The molecule has 1 rings (SSSR count). The molecule has 0 amide bonds. The van der Waals surface area contributed by atoms with Crippen LogP contribution in [-0.2, 0) is 4.74 Å². The zero-order chi connectivity index (χ0) is 9.68. The Kier molecular flexibility index (Phi) is 4.38. The van der Waals surface area contributed by atoms with E-state index in [4.69, 9.17) is 15.6 Å². The first-order chi connectivity index (χ1) is 6.27. The highest BCUT2D eigenvalue weighted by Gasteiger charge is 2.11. The highest BCUT2D eigenvalue weighted by Crippen LogP contribution is 2.24. The van der Waals surface area contributed by atoms with E-state index in [1.54, 1.807) is 11.3 Å². The molecule has 0 aliphatic carbocycles. The van der Waals surface area contributed by atoms with Crippen LogP contribution < -0.4 is 5.73 Å². The first kappa shape index (κ1) is 10.7. The van der Waals surface area contributed by atoms with Gasteiger partial charge in [-0.25, -0.2) is 0 Å². The maximum atomic E-state index is 8.60. The molecule has 13 heavy (non-hydrogen) atoms. The lowest BCUT2D eigenvalue weighted by atomic mass is 10.3. The van der Waals surface area contributed by atoms with Gasteiger partial charge in [0.2, 0.25) is 0 Å². The second-order valence-corrected chi connectivity index (χ2v) is 4.09. The molecule has 1 heterocycles. The minimum absolute atomic E-state index is 0.0425. The van der Waals surface area contributed by atoms with Crippen molar-refractivity contribution in [2.45, 2.75) is 13.0 Å². The average molecular weight is 201 g/mol. The third kappa shape index (κ3) is 3.08. The number of nitrogens with two attached hydrogens (primary N) is 1. The van der Waals surface area contributed by atoms with Crippen LogP contribution in [-0.4, -0.2) is 24.9 Å². The number of aliphatic hydroxyl groups excluding tert-OH is 1. The van der Waals surface area contributed by atoms with Crippen molar-refractivity contribution in [1.82, 2.24) is 0 Å². The SMILES string of the molecule is Cc1ccc(C(CN)OCCO)s1. The molecule has 0 fully saturated rings. The molecule has 0 aliphatic heterocycles. The molecule has 0 aliphatic rings. The zero-order valence-electron chi connectivity index (χ0n) is 7.69. The Hall–Kier alpha value is -0.420. The number of aliphatic hydroxyl groups is 1. The summed E-state index contributed by atoms with van der Waals surface area (Å²) in [4.78, 5) is 2.38. The minimum Gasteiger partial charge on any atom is -0.394 e. The predicted molar refractivity (Wildman–Crippen MR) is 53.9 cm³/mol. The molecule has 3 N–H and O–H groups in total. The van der Waals surface area contributed by atoms with Crippen molar-refractivity contribution in [3.63, 3.8) is 0 Å². The van der Waals surface area contributed by atoms with Crippen molar-refractivity contribution in [2.75, 3.05) is 19.8 Å². The molecule has 0 saturated carbocycles.